The number of pyridine rings is 1. The Labute approximate surface area is 116 Å². The Morgan fingerprint density at radius 3 is 2.78 bits per heavy atom. The molecule has 1 heterocycles. The fraction of sp³-hybridized carbons (Fsp3) is 0.267. The fourth-order valence-corrected chi connectivity index (χ4v) is 2.63. The van der Waals surface area contributed by atoms with Gasteiger partial charge in [0, 0.05) is 10.2 Å². The molecule has 0 fully saturated rings. The monoisotopic (exact) mass is 302 g/mol. The average Bonchev–Trinajstić information content (AvgIpc) is 2.81. The van der Waals surface area contributed by atoms with Crippen LogP contribution in [0.2, 0.25) is 0 Å². The van der Waals surface area contributed by atoms with E-state index < -0.39 is 0 Å². The largest absolute Gasteiger partial charge is 0.340 e. The van der Waals surface area contributed by atoms with Gasteiger partial charge in [0.05, 0.1) is 5.69 Å². The van der Waals surface area contributed by atoms with Gasteiger partial charge in [-0.2, -0.15) is 0 Å². The normalized spacial score (nSPS) is 13.4. The number of benzene rings is 1. The predicted octanol–water partition coefficient (Wildman–Crippen LogP) is 4.38. The summed E-state index contributed by atoms with van der Waals surface area (Å²) >= 11 is 3.47. The van der Waals surface area contributed by atoms with E-state index in [1.807, 2.05) is 19.1 Å². The number of fused-ring (bicyclic) bond motifs is 1. The SMILES string of the molecule is Cc1nc(Nc2ccc3c(c2)CCC3)ccc1Br. The van der Waals surface area contributed by atoms with Crippen molar-refractivity contribution in [2.24, 2.45) is 0 Å². The van der Waals surface area contributed by atoms with Crippen LogP contribution in [0.1, 0.15) is 23.2 Å². The van der Waals surface area contributed by atoms with Crippen LogP contribution in [-0.2, 0) is 12.8 Å². The molecule has 1 aliphatic rings. The summed E-state index contributed by atoms with van der Waals surface area (Å²) in [5.41, 5.74) is 5.11. The molecule has 18 heavy (non-hydrogen) atoms. The zero-order valence-corrected chi connectivity index (χ0v) is 11.9. The minimum absolute atomic E-state index is 0.897. The molecular formula is C15H15BrN2. The van der Waals surface area contributed by atoms with E-state index in [-0.39, 0.29) is 0 Å². The first kappa shape index (κ1) is 11.7. The Morgan fingerprint density at radius 2 is 1.94 bits per heavy atom. The lowest BCUT2D eigenvalue weighted by atomic mass is 10.1. The third-order valence-electron chi connectivity index (χ3n) is 3.39. The van der Waals surface area contributed by atoms with Crippen LogP contribution in [-0.4, -0.2) is 4.98 Å². The van der Waals surface area contributed by atoms with E-state index in [9.17, 15) is 0 Å². The molecule has 0 aliphatic heterocycles. The standard InChI is InChI=1S/C15H15BrN2/c1-10-14(16)7-8-15(17-10)18-13-6-5-11-3-2-4-12(11)9-13/h5-9H,2-4H2,1H3,(H,17,18). The van der Waals surface area contributed by atoms with Crippen molar-refractivity contribution in [3.8, 4) is 0 Å². The molecule has 0 spiro atoms. The zero-order chi connectivity index (χ0) is 12.5. The highest BCUT2D eigenvalue weighted by atomic mass is 79.9. The van der Waals surface area contributed by atoms with Crippen LogP contribution in [0.3, 0.4) is 0 Å². The van der Waals surface area contributed by atoms with Crippen molar-refractivity contribution in [2.45, 2.75) is 26.2 Å². The number of nitrogens with one attached hydrogen (secondary N) is 1. The number of halogens is 1. The van der Waals surface area contributed by atoms with Crippen molar-refractivity contribution in [3.05, 3.63) is 51.6 Å². The Kier molecular flexibility index (Phi) is 3.08. The first-order valence-electron chi connectivity index (χ1n) is 6.24. The number of aryl methyl sites for hydroxylation is 3. The maximum Gasteiger partial charge on any atom is 0.130 e. The molecule has 3 heteroatoms. The molecule has 1 aromatic carbocycles. The maximum atomic E-state index is 4.50. The molecule has 0 saturated carbocycles. The summed E-state index contributed by atoms with van der Waals surface area (Å²) in [6, 6.07) is 10.6. The van der Waals surface area contributed by atoms with Gasteiger partial charge in [-0.3, -0.25) is 0 Å². The van der Waals surface area contributed by atoms with Gasteiger partial charge in [0.1, 0.15) is 5.82 Å². The molecule has 1 N–H and O–H groups in total. The minimum Gasteiger partial charge on any atom is -0.340 e. The highest BCUT2D eigenvalue weighted by Crippen LogP contribution is 2.26. The van der Waals surface area contributed by atoms with Crippen LogP contribution < -0.4 is 5.32 Å². The van der Waals surface area contributed by atoms with E-state index in [1.54, 1.807) is 0 Å². The fourth-order valence-electron chi connectivity index (χ4n) is 2.41. The van der Waals surface area contributed by atoms with Crippen molar-refractivity contribution < 1.29 is 0 Å². The van der Waals surface area contributed by atoms with E-state index in [0.29, 0.717) is 0 Å². The third-order valence-corrected chi connectivity index (χ3v) is 4.23. The summed E-state index contributed by atoms with van der Waals surface area (Å²) in [6.07, 6.45) is 3.72. The molecular weight excluding hydrogens is 288 g/mol. The molecule has 3 rings (SSSR count). The van der Waals surface area contributed by atoms with Crippen molar-refractivity contribution in [1.82, 2.24) is 4.98 Å². The topological polar surface area (TPSA) is 24.9 Å². The minimum atomic E-state index is 0.897. The number of hydrogen-bond acceptors (Lipinski definition) is 2. The van der Waals surface area contributed by atoms with E-state index in [1.165, 1.54) is 30.4 Å². The summed E-state index contributed by atoms with van der Waals surface area (Å²) < 4.78 is 1.04. The summed E-state index contributed by atoms with van der Waals surface area (Å²) in [5.74, 6) is 0.897. The van der Waals surface area contributed by atoms with Gasteiger partial charge in [0.2, 0.25) is 0 Å². The van der Waals surface area contributed by atoms with Gasteiger partial charge in [-0.15, -0.1) is 0 Å². The molecule has 0 amide bonds. The van der Waals surface area contributed by atoms with Gasteiger partial charge in [0.25, 0.3) is 0 Å². The zero-order valence-electron chi connectivity index (χ0n) is 10.3. The molecule has 0 radical (unpaired) electrons. The van der Waals surface area contributed by atoms with Crippen LogP contribution in [0.5, 0.6) is 0 Å². The van der Waals surface area contributed by atoms with E-state index in [0.717, 1.165) is 21.7 Å². The summed E-state index contributed by atoms with van der Waals surface area (Å²) in [7, 11) is 0. The van der Waals surface area contributed by atoms with E-state index in [2.05, 4.69) is 44.4 Å². The average molecular weight is 303 g/mol. The summed E-state index contributed by atoms with van der Waals surface area (Å²) in [6.45, 7) is 2.00. The molecule has 0 bridgehead atoms. The van der Waals surface area contributed by atoms with Gasteiger partial charge >= 0.3 is 0 Å². The van der Waals surface area contributed by atoms with Crippen molar-refractivity contribution in [1.29, 1.82) is 0 Å². The Morgan fingerprint density at radius 1 is 1.11 bits per heavy atom. The van der Waals surface area contributed by atoms with Crippen LogP contribution >= 0.6 is 15.9 Å². The summed E-state index contributed by atoms with van der Waals surface area (Å²) in [5, 5.41) is 3.37. The second kappa shape index (κ2) is 4.73. The van der Waals surface area contributed by atoms with Crippen LogP contribution in [0.4, 0.5) is 11.5 Å². The van der Waals surface area contributed by atoms with Crippen LogP contribution in [0.15, 0.2) is 34.8 Å². The molecule has 0 saturated heterocycles. The number of anilines is 2. The molecule has 0 atom stereocenters. The third kappa shape index (κ3) is 2.27. The van der Waals surface area contributed by atoms with E-state index in [4.69, 9.17) is 0 Å². The van der Waals surface area contributed by atoms with Crippen LogP contribution in [0.25, 0.3) is 0 Å². The smallest absolute Gasteiger partial charge is 0.130 e. The Hall–Kier alpha value is -1.35. The second-order valence-corrected chi connectivity index (χ2v) is 5.58. The van der Waals surface area contributed by atoms with Gasteiger partial charge in [0.15, 0.2) is 0 Å². The van der Waals surface area contributed by atoms with Crippen LogP contribution in [0, 0.1) is 6.92 Å². The van der Waals surface area contributed by atoms with Crippen molar-refractivity contribution in [3.63, 3.8) is 0 Å². The van der Waals surface area contributed by atoms with Crippen molar-refractivity contribution >= 4 is 27.4 Å². The molecule has 0 unspecified atom stereocenters. The maximum absolute atomic E-state index is 4.50. The summed E-state index contributed by atoms with van der Waals surface area (Å²) in [4.78, 5) is 4.50. The quantitative estimate of drug-likeness (QED) is 0.890. The Bertz CT molecular complexity index is 593. The first-order chi connectivity index (χ1) is 8.72. The molecule has 2 nitrogen and oxygen atoms in total. The molecule has 1 aromatic heterocycles. The van der Waals surface area contributed by atoms with Gasteiger partial charge in [-0.05, 0) is 77.5 Å². The van der Waals surface area contributed by atoms with E-state index >= 15 is 0 Å². The van der Waals surface area contributed by atoms with Gasteiger partial charge in [-0.1, -0.05) is 6.07 Å². The number of aromatic nitrogens is 1. The molecule has 1 aliphatic carbocycles. The lowest BCUT2D eigenvalue weighted by Gasteiger charge is -2.09. The highest BCUT2D eigenvalue weighted by molar-refractivity contribution is 9.10. The molecule has 2 aromatic rings. The molecule has 92 valence electrons. The highest BCUT2D eigenvalue weighted by Gasteiger charge is 2.10. The number of hydrogen-bond donors (Lipinski definition) is 1. The van der Waals surface area contributed by atoms with Crippen molar-refractivity contribution in [2.75, 3.05) is 5.32 Å². The number of nitrogens with zero attached hydrogens (tertiary/aromatic N) is 1. The van der Waals surface area contributed by atoms with Gasteiger partial charge in [-0.25, -0.2) is 4.98 Å². The van der Waals surface area contributed by atoms with Gasteiger partial charge < -0.3 is 5.32 Å². The Balaban J connectivity index is 1.85. The lowest BCUT2D eigenvalue weighted by molar-refractivity contribution is 0.912. The lowest BCUT2D eigenvalue weighted by Crippen LogP contribution is -1.96. The number of rotatable bonds is 2. The first-order valence-corrected chi connectivity index (χ1v) is 7.04. The predicted molar refractivity (Wildman–Crippen MR) is 78.4 cm³/mol. The second-order valence-electron chi connectivity index (χ2n) is 4.73.